The fraction of sp³-hybridized carbons (Fsp3) is 0.231. The third kappa shape index (κ3) is 4.93. The largest absolute Gasteiger partial charge is 0.308 e. The number of nitrogen functional groups attached to an aromatic ring is 1. The molecule has 0 saturated heterocycles. The van der Waals surface area contributed by atoms with Gasteiger partial charge in [-0.15, -0.1) is 0 Å². The molecule has 4 aromatic rings. The summed E-state index contributed by atoms with van der Waals surface area (Å²) in [5, 5.41) is 0.895. The molecule has 5 nitrogen and oxygen atoms in total. The number of fused-ring (bicyclic) bond motifs is 1. The average molecular weight is 444 g/mol. The molecule has 0 bridgehead atoms. The van der Waals surface area contributed by atoms with Gasteiger partial charge in [-0.05, 0) is 51.0 Å². The topological polar surface area (TPSA) is 75.9 Å². The standard InChI is InChI=1S/C26H29N5S/c1-17(31-32-26(2,3)4)18-10-12-20(13-11-18)24-21(19-8-6-5-7-9-19)16-22-23(29-24)14-15-28-25(22)30-27/h5-17,31H,27H2,1-4H3,(H,28,30)/t17-/m1/s1. The maximum absolute atomic E-state index is 5.70. The van der Waals surface area contributed by atoms with Crippen molar-refractivity contribution in [1.82, 2.24) is 14.7 Å². The van der Waals surface area contributed by atoms with Gasteiger partial charge >= 0.3 is 0 Å². The summed E-state index contributed by atoms with van der Waals surface area (Å²) < 4.78 is 3.71. The van der Waals surface area contributed by atoms with E-state index in [1.165, 1.54) is 5.56 Å². The van der Waals surface area contributed by atoms with E-state index in [1.54, 1.807) is 18.1 Å². The molecule has 4 N–H and O–H groups in total. The maximum Gasteiger partial charge on any atom is 0.149 e. The van der Waals surface area contributed by atoms with Crippen molar-refractivity contribution in [2.24, 2.45) is 5.84 Å². The van der Waals surface area contributed by atoms with E-state index in [-0.39, 0.29) is 10.8 Å². The Morgan fingerprint density at radius 1 is 0.938 bits per heavy atom. The van der Waals surface area contributed by atoms with Crippen LogP contribution in [0.15, 0.2) is 72.9 Å². The minimum atomic E-state index is 0.167. The van der Waals surface area contributed by atoms with Gasteiger partial charge in [0.1, 0.15) is 5.82 Å². The quantitative estimate of drug-likeness (QED) is 0.183. The predicted molar refractivity (Wildman–Crippen MR) is 137 cm³/mol. The lowest BCUT2D eigenvalue weighted by Gasteiger charge is -2.22. The lowest BCUT2D eigenvalue weighted by atomic mass is 9.96. The minimum absolute atomic E-state index is 0.167. The molecule has 0 radical (unpaired) electrons. The second kappa shape index (κ2) is 9.28. The van der Waals surface area contributed by atoms with Gasteiger partial charge in [-0.2, -0.15) is 0 Å². The summed E-state index contributed by atoms with van der Waals surface area (Å²) in [6.45, 7) is 8.81. The number of pyridine rings is 2. The summed E-state index contributed by atoms with van der Waals surface area (Å²) in [7, 11) is 0. The van der Waals surface area contributed by atoms with Gasteiger partial charge in [0.2, 0.25) is 0 Å². The van der Waals surface area contributed by atoms with Crippen molar-refractivity contribution in [3.63, 3.8) is 0 Å². The first-order valence-corrected chi connectivity index (χ1v) is 11.5. The summed E-state index contributed by atoms with van der Waals surface area (Å²) in [4.78, 5) is 9.36. The van der Waals surface area contributed by atoms with Crippen LogP contribution >= 0.6 is 11.9 Å². The van der Waals surface area contributed by atoms with Crippen LogP contribution in [-0.4, -0.2) is 14.7 Å². The Morgan fingerprint density at radius 3 is 2.31 bits per heavy atom. The van der Waals surface area contributed by atoms with Gasteiger partial charge in [0.05, 0.1) is 11.2 Å². The van der Waals surface area contributed by atoms with Crippen LogP contribution in [0.4, 0.5) is 5.82 Å². The van der Waals surface area contributed by atoms with Gasteiger partial charge < -0.3 is 5.43 Å². The van der Waals surface area contributed by atoms with Crippen LogP contribution in [0.2, 0.25) is 0 Å². The van der Waals surface area contributed by atoms with Crippen molar-refractivity contribution >= 4 is 28.7 Å². The molecule has 0 aliphatic rings. The second-order valence-electron chi connectivity index (χ2n) is 8.80. The molecule has 2 aromatic carbocycles. The monoisotopic (exact) mass is 443 g/mol. The van der Waals surface area contributed by atoms with E-state index in [1.807, 2.05) is 24.3 Å². The summed E-state index contributed by atoms with van der Waals surface area (Å²) in [6.07, 6.45) is 1.72. The maximum atomic E-state index is 5.70. The van der Waals surface area contributed by atoms with Crippen LogP contribution in [-0.2, 0) is 0 Å². The van der Waals surface area contributed by atoms with Crippen LogP contribution in [0, 0.1) is 0 Å². The van der Waals surface area contributed by atoms with Crippen molar-refractivity contribution in [3.05, 3.63) is 78.5 Å². The fourth-order valence-corrected chi connectivity index (χ4v) is 4.20. The molecule has 2 heterocycles. The molecule has 0 saturated carbocycles. The van der Waals surface area contributed by atoms with E-state index in [9.17, 15) is 0 Å². The smallest absolute Gasteiger partial charge is 0.149 e. The Labute approximate surface area is 194 Å². The lowest BCUT2D eigenvalue weighted by molar-refractivity contribution is 0.724. The molecular formula is C26H29N5S. The van der Waals surface area contributed by atoms with E-state index < -0.39 is 0 Å². The number of nitrogens with two attached hydrogens (primary N) is 1. The molecule has 0 spiro atoms. The van der Waals surface area contributed by atoms with Gasteiger partial charge in [0, 0.05) is 33.5 Å². The van der Waals surface area contributed by atoms with E-state index >= 15 is 0 Å². The highest BCUT2D eigenvalue weighted by Gasteiger charge is 2.16. The molecule has 32 heavy (non-hydrogen) atoms. The summed E-state index contributed by atoms with van der Waals surface area (Å²) in [5.41, 5.74) is 8.94. The number of benzene rings is 2. The van der Waals surface area contributed by atoms with Gasteiger partial charge in [-0.3, -0.25) is 4.72 Å². The van der Waals surface area contributed by atoms with Crippen LogP contribution in [0.3, 0.4) is 0 Å². The number of nitrogens with one attached hydrogen (secondary N) is 2. The van der Waals surface area contributed by atoms with E-state index in [0.29, 0.717) is 5.82 Å². The van der Waals surface area contributed by atoms with Crippen LogP contribution in [0.25, 0.3) is 33.3 Å². The summed E-state index contributed by atoms with van der Waals surface area (Å²) in [6, 6.07) is 23.2. The number of aromatic nitrogens is 2. The molecule has 164 valence electrons. The van der Waals surface area contributed by atoms with Gasteiger partial charge in [-0.1, -0.05) is 66.5 Å². The van der Waals surface area contributed by atoms with E-state index in [0.717, 1.165) is 33.3 Å². The first-order valence-electron chi connectivity index (χ1n) is 10.7. The number of rotatable bonds is 6. The van der Waals surface area contributed by atoms with E-state index in [2.05, 4.69) is 85.3 Å². The molecule has 0 unspecified atom stereocenters. The van der Waals surface area contributed by atoms with Gasteiger partial charge in [-0.25, -0.2) is 15.8 Å². The highest BCUT2D eigenvalue weighted by molar-refractivity contribution is 7.98. The second-order valence-corrected chi connectivity index (χ2v) is 10.5. The van der Waals surface area contributed by atoms with Crippen molar-refractivity contribution in [2.75, 3.05) is 5.43 Å². The molecule has 0 aliphatic carbocycles. The number of hydrogen-bond donors (Lipinski definition) is 3. The summed E-state index contributed by atoms with van der Waals surface area (Å²) in [5.74, 6) is 6.32. The lowest BCUT2D eigenvalue weighted by Crippen LogP contribution is -2.19. The zero-order chi connectivity index (χ0) is 22.7. The minimum Gasteiger partial charge on any atom is -0.308 e. The van der Waals surface area contributed by atoms with Crippen LogP contribution in [0.1, 0.15) is 39.3 Å². The molecule has 1 atom stereocenters. The van der Waals surface area contributed by atoms with Crippen molar-refractivity contribution in [1.29, 1.82) is 0 Å². The zero-order valence-corrected chi connectivity index (χ0v) is 19.7. The first kappa shape index (κ1) is 22.3. The fourth-order valence-electron chi connectivity index (χ4n) is 3.53. The van der Waals surface area contributed by atoms with Gasteiger partial charge in [0.25, 0.3) is 0 Å². The van der Waals surface area contributed by atoms with Crippen LogP contribution < -0.4 is 16.0 Å². The number of nitrogens with zero attached hydrogens (tertiary/aromatic N) is 2. The number of hydrazine groups is 1. The Morgan fingerprint density at radius 2 is 1.66 bits per heavy atom. The molecule has 0 aliphatic heterocycles. The molecule has 6 heteroatoms. The van der Waals surface area contributed by atoms with Crippen LogP contribution in [0.5, 0.6) is 0 Å². The SMILES string of the molecule is C[C@@H](NSC(C)(C)C)c1ccc(-c2nc3ccnc(NN)c3cc2-c2ccccc2)cc1. The Hall–Kier alpha value is -2.93. The van der Waals surface area contributed by atoms with Crippen molar-refractivity contribution in [2.45, 2.75) is 38.5 Å². The molecule has 0 amide bonds. The number of anilines is 1. The predicted octanol–water partition coefficient (Wildman–Crippen LogP) is 6.35. The summed E-state index contributed by atoms with van der Waals surface area (Å²) >= 11 is 1.76. The van der Waals surface area contributed by atoms with Crippen molar-refractivity contribution in [3.8, 4) is 22.4 Å². The third-order valence-corrected chi connectivity index (χ3v) is 6.27. The highest BCUT2D eigenvalue weighted by atomic mass is 32.2. The Bertz CT molecular complexity index is 1200. The average Bonchev–Trinajstić information content (AvgIpc) is 2.81. The van der Waals surface area contributed by atoms with Crippen molar-refractivity contribution < 1.29 is 0 Å². The van der Waals surface area contributed by atoms with Gasteiger partial charge in [0.15, 0.2) is 0 Å². The highest BCUT2D eigenvalue weighted by Crippen LogP contribution is 2.35. The third-order valence-electron chi connectivity index (χ3n) is 5.19. The first-order chi connectivity index (χ1) is 15.4. The number of hydrogen-bond acceptors (Lipinski definition) is 6. The molecular weight excluding hydrogens is 414 g/mol. The van der Waals surface area contributed by atoms with E-state index in [4.69, 9.17) is 10.8 Å². The molecule has 0 fully saturated rings. The Kier molecular flexibility index (Phi) is 6.46. The molecule has 2 aromatic heterocycles. The zero-order valence-electron chi connectivity index (χ0n) is 18.9. The Balaban J connectivity index is 1.76. The molecule has 4 rings (SSSR count). The normalized spacial score (nSPS) is 12.7.